The minimum atomic E-state index is -2.85. The summed E-state index contributed by atoms with van der Waals surface area (Å²) in [6.45, 7) is 8.29. The van der Waals surface area contributed by atoms with E-state index in [0.29, 0.717) is 28.8 Å². The molecule has 1 aromatic carbocycles. The summed E-state index contributed by atoms with van der Waals surface area (Å²) in [6.07, 6.45) is 0.294. The van der Waals surface area contributed by atoms with Crippen LogP contribution in [0.15, 0.2) is 42.7 Å². The van der Waals surface area contributed by atoms with Gasteiger partial charge in [0.05, 0.1) is 11.9 Å². The van der Waals surface area contributed by atoms with Crippen LogP contribution in [0.4, 0.5) is 14.5 Å². The Labute approximate surface area is 237 Å². The zero-order valence-electron chi connectivity index (χ0n) is 22.7. The minimum absolute atomic E-state index is 0.0216. The highest BCUT2D eigenvalue weighted by atomic mass is 32.1. The molecule has 0 fully saturated rings. The van der Waals surface area contributed by atoms with Crippen molar-refractivity contribution >= 4 is 39.1 Å². The van der Waals surface area contributed by atoms with Crippen LogP contribution >= 0.6 is 11.3 Å². The van der Waals surface area contributed by atoms with Crippen LogP contribution < -0.4 is 15.8 Å². The highest BCUT2D eigenvalue weighted by Gasteiger charge is 2.27. The summed E-state index contributed by atoms with van der Waals surface area (Å²) in [5, 5.41) is 11.7. The summed E-state index contributed by atoms with van der Waals surface area (Å²) in [5.74, 6) is -0.784. The van der Waals surface area contributed by atoms with Gasteiger partial charge in [-0.25, -0.2) is 18.4 Å². The van der Waals surface area contributed by atoms with Crippen LogP contribution in [0.2, 0.25) is 0 Å². The third kappa shape index (κ3) is 5.53. The summed E-state index contributed by atoms with van der Waals surface area (Å²) in [4.78, 5) is 29.9. The fourth-order valence-electron chi connectivity index (χ4n) is 4.65. The average molecular weight is 580 g/mol. The molecule has 13 heteroatoms. The molecule has 0 spiro atoms. The molecule has 212 valence electrons. The molecule has 4 heterocycles. The first kappa shape index (κ1) is 27.9. The molecule has 0 radical (unpaired) electrons. The summed E-state index contributed by atoms with van der Waals surface area (Å²) in [7, 11) is 0. The van der Waals surface area contributed by atoms with E-state index in [4.69, 9.17) is 10.5 Å². The van der Waals surface area contributed by atoms with Crippen molar-refractivity contribution < 1.29 is 23.1 Å². The van der Waals surface area contributed by atoms with Crippen LogP contribution in [0.5, 0.6) is 5.75 Å². The first-order valence-electron chi connectivity index (χ1n) is 12.7. The Balaban J connectivity index is 1.51. The van der Waals surface area contributed by atoms with Crippen LogP contribution in [0.25, 0.3) is 21.3 Å². The van der Waals surface area contributed by atoms with E-state index in [0.717, 1.165) is 28.2 Å². The van der Waals surface area contributed by atoms with E-state index in [1.54, 1.807) is 17.1 Å². The van der Waals surface area contributed by atoms with Gasteiger partial charge in [0.1, 0.15) is 21.2 Å². The Morgan fingerprint density at radius 1 is 1.12 bits per heavy atom. The monoisotopic (exact) mass is 579 g/mol. The predicted molar refractivity (Wildman–Crippen MR) is 151 cm³/mol. The smallest absolute Gasteiger partial charge is 0.280 e. The van der Waals surface area contributed by atoms with E-state index in [1.807, 2.05) is 45.9 Å². The lowest BCUT2D eigenvalue weighted by molar-refractivity contribution is 0.100. The lowest BCUT2D eigenvalue weighted by Gasteiger charge is -2.11. The Kier molecular flexibility index (Phi) is 7.54. The number of aryl methyl sites for hydroxylation is 3. The molecule has 0 unspecified atom stereocenters. The zero-order chi connectivity index (χ0) is 29.4. The lowest BCUT2D eigenvalue weighted by Crippen LogP contribution is -2.18. The second-order valence-corrected chi connectivity index (χ2v) is 10.5. The van der Waals surface area contributed by atoms with E-state index < -0.39 is 23.9 Å². The molecule has 5 rings (SSSR count). The SMILES string of the molecule is CCn1ncc(-c2cc(C(F)F)nc3sc(C(N)=O)c(NC(=O)c4ccn(COc5cc(C)cc(C)c5)n4)c23)c1C. The fraction of sp³-hybridized carbons (Fsp3) is 0.250. The summed E-state index contributed by atoms with van der Waals surface area (Å²) in [6, 6.07) is 8.58. The molecule has 5 aromatic rings. The molecule has 0 saturated heterocycles. The Hall–Kier alpha value is -4.65. The van der Waals surface area contributed by atoms with Gasteiger partial charge in [0.15, 0.2) is 12.4 Å². The number of hydrogen-bond donors (Lipinski definition) is 2. The largest absolute Gasteiger partial charge is 0.471 e. The molecular formula is C28H27F2N7O3S. The Morgan fingerprint density at radius 3 is 2.49 bits per heavy atom. The standard InChI is InChI=1S/C28H27F2N7O3S/c1-5-37-16(4)19(12-32-37)18-11-21(25(29)30)33-28-22(18)23(24(41-28)26(31)38)34-27(39)20-6-7-36(35-20)13-40-17-9-14(2)8-15(3)10-17/h6-12,25H,5,13H2,1-4H3,(H2,31,38)(H,34,39). The molecule has 0 saturated carbocycles. The van der Waals surface area contributed by atoms with Crippen molar-refractivity contribution in [1.82, 2.24) is 24.5 Å². The van der Waals surface area contributed by atoms with Crippen molar-refractivity contribution in [3.8, 4) is 16.9 Å². The second kappa shape index (κ2) is 11.1. The van der Waals surface area contributed by atoms with Gasteiger partial charge in [-0.05, 0) is 68.7 Å². The molecule has 0 bridgehead atoms. The van der Waals surface area contributed by atoms with Crippen molar-refractivity contribution in [2.24, 2.45) is 5.73 Å². The second-order valence-electron chi connectivity index (χ2n) is 9.50. The number of nitrogens with zero attached hydrogens (tertiary/aromatic N) is 5. The van der Waals surface area contributed by atoms with E-state index in [-0.39, 0.29) is 27.8 Å². The number of pyridine rings is 1. The van der Waals surface area contributed by atoms with E-state index in [9.17, 15) is 18.4 Å². The van der Waals surface area contributed by atoms with Crippen molar-refractivity contribution in [2.75, 3.05) is 5.32 Å². The quantitative estimate of drug-likeness (QED) is 0.233. The molecule has 0 aliphatic heterocycles. The van der Waals surface area contributed by atoms with Gasteiger partial charge in [-0.3, -0.25) is 14.3 Å². The average Bonchev–Trinajstić information content (AvgIpc) is 3.63. The number of thiophene rings is 1. The first-order valence-corrected chi connectivity index (χ1v) is 13.5. The molecule has 10 nitrogen and oxygen atoms in total. The van der Waals surface area contributed by atoms with Crippen molar-refractivity contribution in [3.63, 3.8) is 0 Å². The predicted octanol–water partition coefficient (Wildman–Crippen LogP) is 5.63. The maximum Gasteiger partial charge on any atom is 0.280 e. The molecular weight excluding hydrogens is 552 g/mol. The number of benzene rings is 1. The van der Waals surface area contributed by atoms with Crippen LogP contribution in [-0.2, 0) is 13.3 Å². The summed E-state index contributed by atoms with van der Waals surface area (Å²) >= 11 is 0.835. The van der Waals surface area contributed by atoms with Gasteiger partial charge in [-0.1, -0.05) is 6.07 Å². The number of rotatable bonds is 9. The van der Waals surface area contributed by atoms with Crippen LogP contribution in [0, 0.1) is 20.8 Å². The van der Waals surface area contributed by atoms with Crippen molar-refractivity contribution in [3.05, 3.63) is 75.8 Å². The van der Waals surface area contributed by atoms with Gasteiger partial charge in [0.25, 0.3) is 18.2 Å². The maximum atomic E-state index is 13.8. The van der Waals surface area contributed by atoms with Crippen molar-refractivity contribution in [2.45, 2.75) is 47.4 Å². The van der Waals surface area contributed by atoms with Gasteiger partial charge >= 0.3 is 0 Å². The molecule has 41 heavy (non-hydrogen) atoms. The number of nitrogens with one attached hydrogen (secondary N) is 1. The molecule has 0 aliphatic carbocycles. The van der Waals surface area contributed by atoms with Gasteiger partial charge in [-0.15, -0.1) is 11.3 Å². The van der Waals surface area contributed by atoms with E-state index in [2.05, 4.69) is 20.5 Å². The third-order valence-corrected chi connectivity index (χ3v) is 7.59. The first-order chi connectivity index (χ1) is 19.5. The summed E-state index contributed by atoms with van der Waals surface area (Å²) < 4.78 is 36.6. The van der Waals surface area contributed by atoms with Crippen LogP contribution in [0.1, 0.15) is 56.0 Å². The van der Waals surface area contributed by atoms with E-state index >= 15 is 0 Å². The highest BCUT2D eigenvalue weighted by Crippen LogP contribution is 2.43. The number of alkyl halides is 2. The number of carbonyl (C=O) groups excluding carboxylic acids is 2. The number of nitrogens with two attached hydrogens (primary N) is 1. The third-order valence-electron chi connectivity index (χ3n) is 6.49. The van der Waals surface area contributed by atoms with Gasteiger partial charge < -0.3 is 15.8 Å². The molecule has 3 N–H and O–H groups in total. The number of hydrogen-bond acceptors (Lipinski definition) is 7. The molecule has 0 atom stereocenters. The highest BCUT2D eigenvalue weighted by molar-refractivity contribution is 7.21. The number of carbonyl (C=O) groups is 2. The molecule has 0 aliphatic rings. The number of ether oxygens (including phenoxy) is 1. The fourth-order valence-corrected chi connectivity index (χ4v) is 5.67. The maximum absolute atomic E-state index is 13.8. The van der Waals surface area contributed by atoms with E-state index in [1.165, 1.54) is 16.8 Å². The normalized spacial score (nSPS) is 11.4. The minimum Gasteiger partial charge on any atom is -0.471 e. The molecule has 4 aromatic heterocycles. The number of halogens is 2. The topological polar surface area (TPSA) is 130 Å². The van der Waals surface area contributed by atoms with Crippen LogP contribution in [-0.4, -0.2) is 36.4 Å². The van der Waals surface area contributed by atoms with Crippen LogP contribution in [0.3, 0.4) is 0 Å². The van der Waals surface area contributed by atoms with Gasteiger partial charge in [0.2, 0.25) is 0 Å². The molecule has 2 amide bonds. The number of fused-ring (bicyclic) bond motifs is 1. The van der Waals surface area contributed by atoms with Gasteiger partial charge in [-0.2, -0.15) is 10.2 Å². The lowest BCUT2D eigenvalue weighted by atomic mass is 10.0. The number of anilines is 1. The summed E-state index contributed by atoms with van der Waals surface area (Å²) in [5.41, 5.74) is 9.08. The van der Waals surface area contributed by atoms with Crippen molar-refractivity contribution in [1.29, 1.82) is 0 Å². The number of amides is 2. The number of primary amides is 1. The Bertz CT molecular complexity index is 1770. The Morgan fingerprint density at radius 2 is 1.85 bits per heavy atom. The zero-order valence-corrected chi connectivity index (χ0v) is 23.6. The number of aromatic nitrogens is 5. The van der Waals surface area contributed by atoms with Gasteiger partial charge in [0, 0.05) is 29.4 Å².